The zero-order chi connectivity index (χ0) is 43.6. The van der Waals surface area contributed by atoms with Crippen molar-refractivity contribution in [2.24, 2.45) is 11.8 Å². The van der Waals surface area contributed by atoms with Crippen molar-refractivity contribution in [3.05, 3.63) is 58.9 Å². The molecule has 0 saturated heterocycles. The minimum atomic E-state index is -2.28. The van der Waals surface area contributed by atoms with Crippen LogP contribution in [0.3, 0.4) is 0 Å². The third-order valence-electron chi connectivity index (χ3n) is 14.9. The summed E-state index contributed by atoms with van der Waals surface area (Å²) in [4.78, 5) is 15.7. The van der Waals surface area contributed by atoms with Gasteiger partial charge in [0.05, 0.1) is 37.6 Å². The van der Waals surface area contributed by atoms with Crippen LogP contribution < -0.4 is 10.1 Å². The number of hydrogen-bond acceptors (Lipinski definition) is 6. The molecule has 0 N–H and O–H groups in total. The molecule has 0 saturated carbocycles. The van der Waals surface area contributed by atoms with E-state index in [1.807, 2.05) is 26.2 Å². The van der Waals surface area contributed by atoms with Gasteiger partial charge in [-0.15, -0.1) is 0 Å². The molecule has 2 aliphatic carbocycles. The van der Waals surface area contributed by atoms with Crippen LogP contribution in [0.25, 0.3) is 0 Å². The van der Waals surface area contributed by atoms with Crippen molar-refractivity contribution in [1.82, 2.24) is 4.90 Å². The first-order chi connectivity index (χ1) is 26.6. The largest absolute Gasteiger partial charge is 0.497 e. The zero-order valence-corrected chi connectivity index (χ0v) is 43.1. The predicted molar refractivity (Wildman–Crippen MR) is 250 cm³/mol. The second-order valence-corrected chi connectivity index (χ2v) is 37.1. The highest BCUT2D eigenvalue weighted by molar-refractivity contribution is 6.91. The minimum Gasteiger partial charge on any atom is -0.497 e. The van der Waals surface area contributed by atoms with Gasteiger partial charge in [0, 0.05) is 45.4 Å². The summed E-state index contributed by atoms with van der Waals surface area (Å²) in [6, 6.07) is 8.10. The van der Waals surface area contributed by atoms with Gasteiger partial charge in [0.2, 0.25) is 5.91 Å². The van der Waals surface area contributed by atoms with Gasteiger partial charge >= 0.3 is 0 Å². The van der Waals surface area contributed by atoms with E-state index in [0.29, 0.717) is 13.0 Å². The Morgan fingerprint density at radius 2 is 1.40 bits per heavy atom. The average molecular weight is 854 g/mol. The van der Waals surface area contributed by atoms with E-state index in [9.17, 15) is 4.79 Å². The summed E-state index contributed by atoms with van der Waals surface area (Å²) in [7, 11) is -1.12. The number of hydrogen-bond donors (Lipinski definition) is 0. The maximum Gasteiger partial charge on any atom is 0.222 e. The van der Waals surface area contributed by atoms with Crippen molar-refractivity contribution in [2.75, 3.05) is 27.8 Å². The van der Waals surface area contributed by atoms with Gasteiger partial charge in [-0.05, 0) is 95.3 Å². The lowest BCUT2D eigenvalue weighted by Crippen LogP contribution is -2.54. The molecule has 58 heavy (non-hydrogen) atoms. The van der Waals surface area contributed by atoms with E-state index in [1.54, 1.807) is 12.0 Å². The maximum atomic E-state index is 13.9. The van der Waals surface area contributed by atoms with Crippen LogP contribution in [0.5, 0.6) is 5.75 Å². The molecule has 0 radical (unpaired) electrons. The van der Waals surface area contributed by atoms with Crippen LogP contribution in [0.1, 0.15) is 123 Å². The molecule has 1 amide bonds. The minimum absolute atomic E-state index is 0.000311. The molecule has 1 aromatic heterocycles. The molecule has 1 heterocycles. The van der Waals surface area contributed by atoms with E-state index in [4.69, 9.17) is 22.7 Å². The fourth-order valence-electron chi connectivity index (χ4n) is 8.01. The summed E-state index contributed by atoms with van der Waals surface area (Å²) in [5.74, 6) is 1.12. The molecular weight excluding hydrogens is 771 g/mol. The summed E-state index contributed by atoms with van der Waals surface area (Å²) in [5.41, 5.74) is 5.18. The predicted octanol–water partition coefficient (Wildman–Crippen LogP) is 12.2. The summed E-state index contributed by atoms with van der Waals surface area (Å²) >= 11 is 0. The van der Waals surface area contributed by atoms with Crippen molar-refractivity contribution >= 4 is 36.0 Å². The molecule has 7 nitrogen and oxygen atoms in total. The molecule has 5 atom stereocenters. The topological polar surface area (TPSA) is 70.4 Å². The molecule has 0 fully saturated rings. The molecule has 328 valence electrons. The normalized spacial score (nSPS) is 22.0. The van der Waals surface area contributed by atoms with Crippen molar-refractivity contribution < 1.29 is 27.5 Å². The number of carbonyl (C=O) groups is 1. The van der Waals surface area contributed by atoms with Crippen LogP contribution in [-0.2, 0) is 31.4 Å². The summed E-state index contributed by atoms with van der Waals surface area (Å²) in [5, 5.41) is 1.37. The molecule has 2 aliphatic rings. The SMILES string of the molecule is COc1ccc(COCCCCCCC2=C[C@H]3[C@@H](O[Si](C)(C)C(C)(C)C)[C@H](c4coc([Si](C)(C)C(C)(C)C)c4C[C@H]3O[Si](C)(C)C(C)(C)C)[C@H]2CC(=O)N(C)C)cc1. The molecule has 10 heteroatoms. The van der Waals surface area contributed by atoms with Crippen LogP contribution in [0.15, 0.2) is 46.6 Å². The van der Waals surface area contributed by atoms with E-state index in [0.717, 1.165) is 56.4 Å². The maximum absolute atomic E-state index is 13.9. The summed E-state index contributed by atoms with van der Waals surface area (Å²) in [6.45, 7) is 37.1. The van der Waals surface area contributed by atoms with E-state index in [1.165, 1.54) is 22.1 Å². The number of nitrogens with zero attached hydrogens (tertiary/aromatic N) is 1. The summed E-state index contributed by atoms with van der Waals surface area (Å²) < 4.78 is 33.6. The van der Waals surface area contributed by atoms with Gasteiger partial charge in [-0.2, -0.15) is 0 Å². The average Bonchev–Trinajstić information content (AvgIpc) is 3.48. The highest BCUT2D eigenvalue weighted by Crippen LogP contribution is 2.54. The van der Waals surface area contributed by atoms with Crippen molar-refractivity contribution in [2.45, 2.75) is 186 Å². The molecule has 2 bridgehead atoms. The first-order valence-corrected chi connectivity index (χ1v) is 31.0. The Morgan fingerprint density at radius 3 is 1.95 bits per heavy atom. The number of ether oxygens (including phenoxy) is 2. The third kappa shape index (κ3) is 11.1. The van der Waals surface area contributed by atoms with Gasteiger partial charge in [-0.1, -0.05) is 112 Å². The number of fused-ring (bicyclic) bond motifs is 4. The number of allylic oxidation sites excluding steroid dienone is 1. The van der Waals surface area contributed by atoms with E-state index >= 15 is 0 Å². The van der Waals surface area contributed by atoms with Gasteiger partial charge < -0.3 is 27.6 Å². The molecular formula is C48H83NO6Si3. The third-order valence-corrected chi connectivity index (χ3v) is 29.2. The lowest BCUT2D eigenvalue weighted by Gasteiger charge is -2.50. The van der Waals surface area contributed by atoms with Crippen LogP contribution >= 0.6 is 0 Å². The first-order valence-electron chi connectivity index (χ1n) is 22.2. The standard InChI is InChI=1S/C48H83NO6Si3/c1-46(2,3)56(13,14)45-38-30-41(54-57(15,16)47(4,5)6)39-29-35(23-21-19-20-22-28-52-32-34-24-26-36(51-12)27-25-34)37(31-42(50)49(10)11)43(40(38)33-53-45)44(39)55-58(17,18)48(7,8)9/h24-27,29,33,37,39,41,43-44H,19-23,28,30-32H2,1-18H3/t37-,39+,41+,43-,44+/m0/s1. The highest BCUT2D eigenvalue weighted by Gasteiger charge is 2.55. The van der Waals surface area contributed by atoms with Gasteiger partial charge in [0.25, 0.3) is 0 Å². The second kappa shape index (κ2) is 18.6. The van der Waals surface area contributed by atoms with Gasteiger partial charge in [-0.3, -0.25) is 4.79 Å². The van der Waals surface area contributed by atoms with E-state index < -0.39 is 24.7 Å². The van der Waals surface area contributed by atoms with Gasteiger partial charge in [-0.25, -0.2) is 0 Å². The molecule has 2 aromatic rings. The Kier molecular flexibility index (Phi) is 15.6. The fraction of sp³-hybridized carbons (Fsp3) is 0.729. The van der Waals surface area contributed by atoms with E-state index in [-0.39, 0.29) is 51.0 Å². The van der Waals surface area contributed by atoms with Crippen LogP contribution in [0.2, 0.25) is 54.4 Å². The van der Waals surface area contributed by atoms with E-state index in [2.05, 4.69) is 126 Å². The number of carbonyl (C=O) groups excluding carboxylic acids is 1. The van der Waals surface area contributed by atoms with Crippen molar-refractivity contribution in [1.29, 1.82) is 0 Å². The zero-order valence-electron chi connectivity index (χ0n) is 40.1. The number of rotatable bonds is 17. The molecule has 0 spiro atoms. The molecule has 1 aromatic carbocycles. The second-order valence-electron chi connectivity index (χ2n) is 22.3. The Hall–Kier alpha value is -1.96. The number of furan rings is 1. The Morgan fingerprint density at radius 1 is 0.810 bits per heavy atom. The Balaban J connectivity index is 1.77. The molecule has 0 aliphatic heterocycles. The molecule has 0 unspecified atom stereocenters. The lowest BCUT2D eigenvalue weighted by atomic mass is 9.67. The van der Waals surface area contributed by atoms with Crippen LogP contribution in [0.4, 0.5) is 0 Å². The van der Waals surface area contributed by atoms with Gasteiger partial charge in [0.15, 0.2) is 16.6 Å². The Bertz CT molecular complexity index is 1690. The molecule has 4 rings (SSSR count). The van der Waals surface area contributed by atoms with Crippen LogP contribution in [0, 0.1) is 11.8 Å². The fourth-order valence-corrected chi connectivity index (χ4v) is 12.7. The number of amides is 1. The number of benzene rings is 1. The van der Waals surface area contributed by atoms with Crippen molar-refractivity contribution in [3.63, 3.8) is 0 Å². The number of methoxy groups -OCH3 is 1. The number of unbranched alkanes of at least 4 members (excludes halogenated alkanes) is 3. The smallest absolute Gasteiger partial charge is 0.222 e. The monoisotopic (exact) mass is 854 g/mol. The highest BCUT2D eigenvalue weighted by atomic mass is 28.4. The van der Waals surface area contributed by atoms with Crippen molar-refractivity contribution in [3.8, 4) is 5.75 Å². The lowest BCUT2D eigenvalue weighted by molar-refractivity contribution is -0.130. The summed E-state index contributed by atoms with van der Waals surface area (Å²) in [6.07, 6.45) is 11.1. The first kappa shape index (κ1) is 48.7. The van der Waals surface area contributed by atoms with Gasteiger partial charge in [0.1, 0.15) is 13.8 Å². The van der Waals surface area contributed by atoms with Crippen LogP contribution in [-0.4, -0.2) is 75.5 Å². The Labute approximate surface area is 357 Å². The quantitative estimate of drug-likeness (QED) is 0.0897.